The molecule has 1 aromatic carbocycles. The molecular formula is C16H26O4. The Labute approximate surface area is 121 Å². The lowest BCUT2D eigenvalue weighted by Gasteiger charge is -2.18. The predicted molar refractivity (Wildman–Crippen MR) is 79.7 cm³/mol. The third kappa shape index (κ3) is 9.53. The van der Waals surface area contributed by atoms with E-state index >= 15 is 0 Å². The van der Waals surface area contributed by atoms with Gasteiger partial charge in [0.2, 0.25) is 0 Å². The molecule has 0 atom stereocenters. The molecule has 0 heterocycles. The zero-order valence-electron chi connectivity index (χ0n) is 12.9. The molecule has 4 heteroatoms. The fourth-order valence-electron chi connectivity index (χ4n) is 1.32. The normalized spacial score (nSPS) is 10.4. The van der Waals surface area contributed by atoms with E-state index in [-0.39, 0.29) is 19.8 Å². The summed E-state index contributed by atoms with van der Waals surface area (Å²) in [5.74, 6) is -0.434. The van der Waals surface area contributed by atoms with Crippen LogP contribution in [0.5, 0.6) is 0 Å². The topological polar surface area (TPSA) is 55.8 Å². The third-order valence-electron chi connectivity index (χ3n) is 2.42. The minimum Gasteiger partial charge on any atom is -0.462 e. The van der Waals surface area contributed by atoms with E-state index in [0.29, 0.717) is 12.0 Å². The van der Waals surface area contributed by atoms with Crippen LogP contribution in [-0.2, 0) is 19.7 Å². The Morgan fingerprint density at radius 1 is 1.20 bits per heavy atom. The molecule has 20 heavy (non-hydrogen) atoms. The maximum Gasteiger partial charge on any atom is 0.332 e. The zero-order valence-corrected chi connectivity index (χ0v) is 12.9. The van der Waals surface area contributed by atoms with Gasteiger partial charge in [0.05, 0.1) is 6.61 Å². The summed E-state index contributed by atoms with van der Waals surface area (Å²) in [6.45, 7) is 8.83. The number of ether oxygens (including phenoxy) is 2. The van der Waals surface area contributed by atoms with Crippen LogP contribution in [0, 0.1) is 0 Å². The first kappa shape index (κ1) is 18.6. The average Bonchev–Trinajstić information content (AvgIpc) is 2.43. The highest BCUT2D eigenvalue weighted by Crippen LogP contribution is 2.20. The van der Waals surface area contributed by atoms with Gasteiger partial charge in [-0.05, 0) is 17.9 Å². The standard InChI is InChI=1S/C10H14.C6H12O4/c1-10(2,3)9-7-5-4-6-8-9;1-2-9-5-6(8)10-4-3-7/h4-8H,1-3H3;7H,2-5H2,1H3. The second-order valence-electron chi connectivity index (χ2n) is 5.20. The Bertz CT molecular complexity index is 344. The molecule has 0 fully saturated rings. The summed E-state index contributed by atoms with van der Waals surface area (Å²) in [5, 5.41) is 8.22. The zero-order chi connectivity index (χ0) is 15.4. The van der Waals surface area contributed by atoms with Gasteiger partial charge in [0.15, 0.2) is 0 Å². The molecule has 0 unspecified atom stereocenters. The van der Waals surface area contributed by atoms with Crippen LogP contribution >= 0.6 is 0 Å². The monoisotopic (exact) mass is 282 g/mol. The lowest BCUT2D eigenvalue weighted by Crippen LogP contribution is -2.14. The van der Waals surface area contributed by atoms with Crippen molar-refractivity contribution < 1.29 is 19.4 Å². The second kappa shape index (κ2) is 10.4. The molecule has 0 aliphatic rings. The van der Waals surface area contributed by atoms with Gasteiger partial charge < -0.3 is 14.6 Å². The summed E-state index contributed by atoms with van der Waals surface area (Å²) in [6, 6.07) is 10.6. The Hall–Kier alpha value is -1.39. The van der Waals surface area contributed by atoms with Crippen LogP contribution in [0.1, 0.15) is 33.3 Å². The molecular weight excluding hydrogens is 256 g/mol. The van der Waals surface area contributed by atoms with Crippen LogP contribution in [0.15, 0.2) is 30.3 Å². The second-order valence-corrected chi connectivity index (χ2v) is 5.20. The molecule has 4 nitrogen and oxygen atoms in total. The smallest absolute Gasteiger partial charge is 0.332 e. The van der Waals surface area contributed by atoms with Crippen LogP contribution in [-0.4, -0.2) is 37.5 Å². The molecule has 0 bridgehead atoms. The molecule has 0 saturated carbocycles. The van der Waals surface area contributed by atoms with Crippen LogP contribution < -0.4 is 0 Å². The summed E-state index contributed by atoms with van der Waals surface area (Å²) in [6.07, 6.45) is 0. The Morgan fingerprint density at radius 3 is 2.20 bits per heavy atom. The van der Waals surface area contributed by atoms with Crippen molar-refractivity contribution in [3.63, 3.8) is 0 Å². The van der Waals surface area contributed by atoms with E-state index in [1.165, 1.54) is 5.56 Å². The van der Waals surface area contributed by atoms with Crippen molar-refractivity contribution in [2.45, 2.75) is 33.1 Å². The van der Waals surface area contributed by atoms with Crippen LogP contribution in [0.4, 0.5) is 0 Å². The number of hydrogen-bond donors (Lipinski definition) is 1. The first-order valence-electron chi connectivity index (χ1n) is 6.81. The Kier molecular flexibility index (Phi) is 9.68. The summed E-state index contributed by atoms with van der Waals surface area (Å²) >= 11 is 0. The van der Waals surface area contributed by atoms with Gasteiger partial charge in [0, 0.05) is 6.61 Å². The average molecular weight is 282 g/mol. The number of aliphatic hydroxyl groups excluding tert-OH is 1. The molecule has 0 aromatic heterocycles. The molecule has 0 aliphatic heterocycles. The number of benzene rings is 1. The number of esters is 1. The summed E-state index contributed by atoms with van der Waals surface area (Å²) in [5.41, 5.74) is 1.69. The predicted octanol–water partition coefficient (Wildman–Crippen LogP) is 2.54. The fourth-order valence-corrected chi connectivity index (χ4v) is 1.32. The Balaban J connectivity index is 0.000000361. The minimum atomic E-state index is -0.434. The van der Waals surface area contributed by atoms with Crippen molar-refractivity contribution in [1.29, 1.82) is 0 Å². The Morgan fingerprint density at radius 2 is 1.80 bits per heavy atom. The van der Waals surface area contributed by atoms with Crippen molar-refractivity contribution in [1.82, 2.24) is 0 Å². The molecule has 1 N–H and O–H groups in total. The molecule has 1 aromatic rings. The minimum absolute atomic E-state index is 0.0312. The van der Waals surface area contributed by atoms with Crippen molar-refractivity contribution in [3.8, 4) is 0 Å². The van der Waals surface area contributed by atoms with E-state index < -0.39 is 5.97 Å². The van der Waals surface area contributed by atoms with Gasteiger partial charge >= 0.3 is 5.97 Å². The first-order valence-corrected chi connectivity index (χ1v) is 6.81. The number of rotatable bonds is 5. The highest BCUT2D eigenvalue weighted by atomic mass is 16.6. The van der Waals surface area contributed by atoms with Gasteiger partial charge in [-0.1, -0.05) is 51.1 Å². The SMILES string of the molecule is CC(C)(C)c1ccccc1.CCOCC(=O)OCCO. The highest BCUT2D eigenvalue weighted by Gasteiger charge is 2.11. The number of aliphatic hydroxyl groups is 1. The summed E-state index contributed by atoms with van der Waals surface area (Å²) < 4.78 is 9.22. The highest BCUT2D eigenvalue weighted by molar-refractivity contribution is 5.70. The quantitative estimate of drug-likeness (QED) is 0.843. The van der Waals surface area contributed by atoms with E-state index in [2.05, 4.69) is 55.8 Å². The molecule has 0 spiro atoms. The fraction of sp³-hybridized carbons (Fsp3) is 0.562. The van der Waals surface area contributed by atoms with Crippen LogP contribution in [0.25, 0.3) is 0 Å². The maximum absolute atomic E-state index is 10.5. The molecule has 0 aliphatic carbocycles. The van der Waals surface area contributed by atoms with Crippen molar-refractivity contribution in [2.24, 2.45) is 0 Å². The van der Waals surface area contributed by atoms with E-state index in [1.807, 2.05) is 0 Å². The van der Waals surface area contributed by atoms with Gasteiger partial charge in [-0.3, -0.25) is 0 Å². The first-order chi connectivity index (χ1) is 9.41. The lowest BCUT2D eigenvalue weighted by molar-refractivity contribution is -0.149. The number of carbonyl (C=O) groups excluding carboxylic acids is 1. The van der Waals surface area contributed by atoms with E-state index in [1.54, 1.807) is 6.92 Å². The van der Waals surface area contributed by atoms with Crippen LogP contribution in [0.3, 0.4) is 0 Å². The van der Waals surface area contributed by atoms with Crippen molar-refractivity contribution in [2.75, 3.05) is 26.4 Å². The molecule has 1 rings (SSSR count). The largest absolute Gasteiger partial charge is 0.462 e. The van der Waals surface area contributed by atoms with Crippen molar-refractivity contribution >= 4 is 5.97 Å². The van der Waals surface area contributed by atoms with Gasteiger partial charge in [-0.15, -0.1) is 0 Å². The summed E-state index contributed by atoms with van der Waals surface area (Å²) in [4.78, 5) is 10.5. The molecule has 114 valence electrons. The lowest BCUT2D eigenvalue weighted by atomic mass is 9.87. The van der Waals surface area contributed by atoms with Gasteiger partial charge in [-0.25, -0.2) is 4.79 Å². The van der Waals surface area contributed by atoms with Crippen molar-refractivity contribution in [3.05, 3.63) is 35.9 Å². The molecule has 0 saturated heterocycles. The summed E-state index contributed by atoms with van der Waals surface area (Å²) in [7, 11) is 0. The molecule has 0 amide bonds. The van der Waals surface area contributed by atoms with Crippen LogP contribution in [0.2, 0.25) is 0 Å². The van der Waals surface area contributed by atoms with Gasteiger partial charge in [0.1, 0.15) is 13.2 Å². The number of carbonyl (C=O) groups is 1. The van der Waals surface area contributed by atoms with Gasteiger partial charge in [0.25, 0.3) is 0 Å². The maximum atomic E-state index is 10.5. The van der Waals surface area contributed by atoms with E-state index in [4.69, 9.17) is 9.84 Å². The van der Waals surface area contributed by atoms with E-state index in [9.17, 15) is 4.79 Å². The van der Waals surface area contributed by atoms with E-state index in [0.717, 1.165) is 0 Å². The third-order valence-corrected chi connectivity index (χ3v) is 2.42. The molecule has 0 radical (unpaired) electrons. The van der Waals surface area contributed by atoms with Gasteiger partial charge in [-0.2, -0.15) is 0 Å². The number of hydrogen-bond acceptors (Lipinski definition) is 4.